The normalized spacial score (nSPS) is 24.4. The number of amides is 1. The van der Waals surface area contributed by atoms with E-state index in [1.807, 2.05) is 54.6 Å². The smallest absolute Gasteiger partial charge is 0.229 e. The van der Waals surface area contributed by atoms with Crippen molar-refractivity contribution in [3.05, 3.63) is 65.7 Å². The van der Waals surface area contributed by atoms with Gasteiger partial charge in [0.15, 0.2) is 9.84 Å². The Labute approximate surface area is 159 Å². The third-order valence-corrected chi connectivity index (χ3v) is 7.58. The molecule has 2 aromatic carbocycles. The molecule has 2 aliphatic rings. The molecule has 0 aromatic heterocycles. The van der Waals surface area contributed by atoms with E-state index in [2.05, 4.69) is 0 Å². The van der Waals surface area contributed by atoms with Gasteiger partial charge in [0, 0.05) is 13.1 Å². The average molecular weight is 385 g/mol. The van der Waals surface area contributed by atoms with Crippen LogP contribution in [0.3, 0.4) is 0 Å². The standard InChI is InChI=1S/C21H23NO4S/c23-21(18-14-17-8-4-5-9-19(17)26-15-18)22-11-10-20(27(24,25)13-12-22)16-6-2-1-3-7-16/h1-9,18,20H,10-15H2. The van der Waals surface area contributed by atoms with Gasteiger partial charge in [-0.1, -0.05) is 48.5 Å². The van der Waals surface area contributed by atoms with Crippen LogP contribution in [-0.2, 0) is 21.1 Å². The van der Waals surface area contributed by atoms with Crippen LogP contribution in [0.5, 0.6) is 5.75 Å². The Morgan fingerprint density at radius 1 is 1.00 bits per heavy atom. The van der Waals surface area contributed by atoms with Crippen molar-refractivity contribution in [3.63, 3.8) is 0 Å². The number of ether oxygens (including phenoxy) is 1. The fourth-order valence-corrected chi connectivity index (χ4v) is 5.75. The van der Waals surface area contributed by atoms with Crippen molar-refractivity contribution in [1.29, 1.82) is 0 Å². The third-order valence-electron chi connectivity index (χ3n) is 5.45. The highest BCUT2D eigenvalue weighted by Gasteiger charge is 2.35. The van der Waals surface area contributed by atoms with E-state index in [0.29, 0.717) is 26.0 Å². The number of hydrogen-bond donors (Lipinski definition) is 0. The molecule has 0 bridgehead atoms. The second-order valence-corrected chi connectivity index (χ2v) is 9.50. The zero-order chi connectivity index (χ0) is 18.9. The zero-order valence-electron chi connectivity index (χ0n) is 15.1. The number of nitrogens with zero attached hydrogens (tertiary/aromatic N) is 1. The molecule has 6 heteroatoms. The summed E-state index contributed by atoms with van der Waals surface area (Å²) in [6, 6.07) is 17.1. The molecule has 2 aliphatic heterocycles. The van der Waals surface area contributed by atoms with Gasteiger partial charge in [-0.25, -0.2) is 8.42 Å². The van der Waals surface area contributed by atoms with E-state index in [0.717, 1.165) is 16.9 Å². The van der Waals surface area contributed by atoms with Crippen LogP contribution >= 0.6 is 0 Å². The minimum Gasteiger partial charge on any atom is -0.492 e. The number of fused-ring (bicyclic) bond motifs is 1. The molecule has 0 aliphatic carbocycles. The van der Waals surface area contributed by atoms with Crippen LogP contribution in [0, 0.1) is 5.92 Å². The first-order valence-corrected chi connectivity index (χ1v) is 11.0. The Balaban J connectivity index is 1.49. The predicted octanol–water partition coefficient (Wildman–Crippen LogP) is 2.63. The van der Waals surface area contributed by atoms with E-state index in [9.17, 15) is 13.2 Å². The molecule has 4 rings (SSSR count). The first-order chi connectivity index (χ1) is 13.0. The molecule has 1 saturated heterocycles. The summed E-state index contributed by atoms with van der Waals surface area (Å²) in [5.41, 5.74) is 1.84. The van der Waals surface area contributed by atoms with Crippen molar-refractivity contribution in [2.75, 3.05) is 25.4 Å². The van der Waals surface area contributed by atoms with E-state index in [4.69, 9.17) is 4.74 Å². The van der Waals surface area contributed by atoms with Gasteiger partial charge in [-0.15, -0.1) is 0 Å². The zero-order valence-corrected chi connectivity index (χ0v) is 15.9. The quantitative estimate of drug-likeness (QED) is 0.797. The lowest BCUT2D eigenvalue weighted by molar-refractivity contribution is -0.136. The van der Waals surface area contributed by atoms with Crippen molar-refractivity contribution in [2.24, 2.45) is 5.92 Å². The number of carbonyl (C=O) groups is 1. The van der Waals surface area contributed by atoms with Gasteiger partial charge < -0.3 is 9.64 Å². The molecule has 0 spiro atoms. The summed E-state index contributed by atoms with van der Waals surface area (Å²) >= 11 is 0. The fourth-order valence-electron chi connectivity index (χ4n) is 3.95. The molecule has 5 nitrogen and oxygen atoms in total. The molecular weight excluding hydrogens is 362 g/mol. The monoisotopic (exact) mass is 385 g/mol. The summed E-state index contributed by atoms with van der Waals surface area (Å²) in [6.07, 6.45) is 1.07. The Kier molecular flexibility index (Phi) is 4.91. The van der Waals surface area contributed by atoms with Crippen LogP contribution in [-0.4, -0.2) is 44.7 Å². The summed E-state index contributed by atoms with van der Waals surface area (Å²) in [6.45, 7) is 1.06. The maximum absolute atomic E-state index is 13.0. The van der Waals surface area contributed by atoms with Gasteiger partial charge in [0.05, 0.1) is 16.9 Å². The van der Waals surface area contributed by atoms with Crippen molar-refractivity contribution >= 4 is 15.7 Å². The molecule has 2 aromatic rings. The van der Waals surface area contributed by atoms with E-state index in [1.165, 1.54) is 0 Å². The molecule has 0 N–H and O–H groups in total. The summed E-state index contributed by atoms with van der Waals surface area (Å²) in [5.74, 6) is 0.580. The number of para-hydroxylation sites is 1. The van der Waals surface area contributed by atoms with Crippen molar-refractivity contribution in [1.82, 2.24) is 4.90 Å². The predicted molar refractivity (Wildman–Crippen MR) is 103 cm³/mol. The maximum Gasteiger partial charge on any atom is 0.229 e. The van der Waals surface area contributed by atoms with Crippen LogP contribution in [0.2, 0.25) is 0 Å². The van der Waals surface area contributed by atoms with Gasteiger partial charge in [0.1, 0.15) is 12.4 Å². The maximum atomic E-state index is 13.0. The second-order valence-electron chi connectivity index (χ2n) is 7.20. The molecular formula is C21H23NO4S. The molecule has 0 saturated carbocycles. The summed E-state index contributed by atoms with van der Waals surface area (Å²) in [5, 5.41) is -0.542. The summed E-state index contributed by atoms with van der Waals surface area (Å²) in [7, 11) is -3.28. The number of carbonyl (C=O) groups excluding carboxylic acids is 1. The van der Waals surface area contributed by atoms with Crippen LogP contribution in [0.1, 0.15) is 22.8 Å². The highest BCUT2D eigenvalue weighted by molar-refractivity contribution is 7.91. The number of benzene rings is 2. The molecule has 2 heterocycles. The first kappa shape index (κ1) is 18.0. The van der Waals surface area contributed by atoms with Gasteiger partial charge >= 0.3 is 0 Å². The molecule has 1 fully saturated rings. The van der Waals surface area contributed by atoms with Crippen LogP contribution in [0.25, 0.3) is 0 Å². The van der Waals surface area contributed by atoms with E-state index in [1.54, 1.807) is 4.90 Å². The largest absolute Gasteiger partial charge is 0.492 e. The molecule has 0 radical (unpaired) electrons. The lowest BCUT2D eigenvalue weighted by Gasteiger charge is -2.29. The third kappa shape index (κ3) is 3.72. The number of hydrogen-bond acceptors (Lipinski definition) is 4. The van der Waals surface area contributed by atoms with Crippen molar-refractivity contribution in [3.8, 4) is 5.75 Å². The topological polar surface area (TPSA) is 63.7 Å². The SMILES string of the molecule is O=C(C1COc2ccccc2C1)N1CCC(c2ccccc2)S(=O)(=O)CC1. The molecule has 1 amide bonds. The lowest BCUT2D eigenvalue weighted by atomic mass is 9.95. The lowest BCUT2D eigenvalue weighted by Crippen LogP contribution is -2.42. The van der Waals surface area contributed by atoms with E-state index in [-0.39, 0.29) is 24.1 Å². The molecule has 2 atom stereocenters. The van der Waals surface area contributed by atoms with Crippen molar-refractivity contribution < 1.29 is 17.9 Å². The van der Waals surface area contributed by atoms with Gasteiger partial charge in [0.2, 0.25) is 5.91 Å². The van der Waals surface area contributed by atoms with Crippen molar-refractivity contribution in [2.45, 2.75) is 18.1 Å². The number of rotatable bonds is 2. The number of sulfone groups is 1. The summed E-state index contributed by atoms with van der Waals surface area (Å²) in [4.78, 5) is 14.7. The fraction of sp³-hybridized carbons (Fsp3) is 0.381. The minimum absolute atomic E-state index is 0.00245. The Morgan fingerprint density at radius 3 is 2.56 bits per heavy atom. The Hall–Kier alpha value is -2.34. The van der Waals surface area contributed by atoms with Crippen LogP contribution in [0.15, 0.2) is 54.6 Å². The molecule has 2 unspecified atom stereocenters. The Morgan fingerprint density at radius 2 is 1.74 bits per heavy atom. The first-order valence-electron chi connectivity index (χ1n) is 9.30. The Bertz CT molecular complexity index is 926. The van der Waals surface area contributed by atoms with Gasteiger partial charge in [0.25, 0.3) is 0 Å². The minimum atomic E-state index is -3.28. The summed E-state index contributed by atoms with van der Waals surface area (Å²) < 4.78 is 31.2. The van der Waals surface area contributed by atoms with Crippen LogP contribution in [0.4, 0.5) is 0 Å². The van der Waals surface area contributed by atoms with Crippen LogP contribution < -0.4 is 4.74 Å². The molecule has 142 valence electrons. The van der Waals surface area contributed by atoms with Gasteiger partial charge in [-0.05, 0) is 30.0 Å². The van der Waals surface area contributed by atoms with E-state index >= 15 is 0 Å². The average Bonchev–Trinajstić information content (AvgIpc) is 2.85. The highest BCUT2D eigenvalue weighted by atomic mass is 32.2. The molecule has 27 heavy (non-hydrogen) atoms. The second kappa shape index (κ2) is 7.35. The van der Waals surface area contributed by atoms with E-state index < -0.39 is 15.1 Å². The highest BCUT2D eigenvalue weighted by Crippen LogP contribution is 2.31. The van der Waals surface area contributed by atoms with Gasteiger partial charge in [-0.2, -0.15) is 0 Å². The van der Waals surface area contributed by atoms with Gasteiger partial charge in [-0.3, -0.25) is 4.79 Å².